The van der Waals surface area contributed by atoms with Crippen LogP contribution in [0.15, 0.2) is 60.7 Å². The molecule has 4 aromatic rings. The van der Waals surface area contributed by atoms with Gasteiger partial charge in [-0.05, 0) is 78.4 Å². The summed E-state index contributed by atoms with van der Waals surface area (Å²) < 4.78 is 6.33. The third kappa shape index (κ3) is 4.22. The topological polar surface area (TPSA) is 37.9 Å². The van der Waals surface area contributed by atoms with Gasteiger partial charge in [0.25, 0.3) is 0 Å². The summed E-state index contributed by atoms with van der Waals surface area (Å²) in [6.45, 7) is 6.65. The van der Waals surface area contributed by atoms with Crippen LogP contribution in [0, 0.1) is 0 Å². The van der Waals surface area contributed by atoms with E-state index in [0.29, 0.717) is 10.9 Å². The lowest BCUT2D eigenvalue weighted by atomic mass is 9.98. The lowest BCUT2D eigenvalue weighted by molar-refractivity contribution is 0.474. The number of ether oxygens (including phenoxy) is 1. The summed E-state index contributed by atoms with van der Waals surface area (Å²) in [5, 5.41) is 9.40. The van der Waals surface area contributed by atoms with Crippen LogP contribution < -0.4 is 4.74 Å². The summed E-state index contributed by atoms with van der Waals surface area (Å²) >= 11 is 6.11. The van der Waals surface area contributed by atoms with Crippen LogP contribution in [0.25, 0.3) is 22.2 Å². The van der Waals surface area contributed by atoms with E-state index in [1.165, 1.54) is 11.1 Å². The molecule has 4 rings (SSSR count). The molecule has 30 heavy (non-hydrogen) atoms. The van der Waals surface area contributed by atoms with Crippen LogP contribution in [-0.2, 0) is 6.42 Å². The van der Waals surface area contributed by atoms with Gasteiger partial charge in [0.2, 0.25) is 0 Å². The lowest BCUT2D eigenvalue weighted by Crippen LogP contribution is -1.95. The van der Waals surface area contributed by atoms with Crippen molar-refractivity contribution in [2.75, 3.05) is 0 Å². The molecule has 0 radical (unpaired) electrons. The number of aryl methyl sites for hydroxylation is 1. The molecule has 0 aliphatic carbocycles. The van der Waals surface area contributed by atoms with Crippen molar-refractivity contribution < 1.29 is 4.74 Å². The molecule has 0 bridgehead atoms. The Hall–Kier alpha value is -2.78. The van der Waals surface area contributed by atoms with Gasteiger partial charge in [-0.15, -0.1) is 0 Å². The SMILES string of the molecule is CCCc1cc(-c2n[nH]c3cc(Cl)ccc23)ccc1Oc1cccc(C(C)CC)c1. The zero-order valence-electron chi connectivity index (χ0n) is 17.7. The summed E-state index contributed by atoms with van der Waals surface area (Å²) in [4.78, 5) is 0. The fourth-order valence-electron chi connectivity index (χ4n) is 3.75. The summed E-state index contributed by atoms with van der Waals surface area (Å²) in [5.41, 5.74) is 5.45. The van der Waals surface area contributed by atoms with Gasteiger partial charge in [0.05, 0.1) is 11.2 Å². The predicted octanol–water partition coefficient (Wildman–Crippen LogP) is 8.14. The van der Waals surface area contributed by atoms with Gasteiger partial charge in [0, 0.05) is 16.0 Å². The number of nitrogens with one attached hydrogen (secondary N) is 1. The van der Waals surface area contributed by atoms with Crippen molar-refractivity contribution in [1.29, 1.82) is 0 Å². The molecule has 1 aromatic heterocycles. The monoisotopic (exact) mass is 418 g/mol. The smallest absolute Gasteiger partial charge is 0.130 e. The average Bonchev–Trinajstić information content (AvgIpc) is 3.17. The molecule has 1 unspecified atom stereocenters. The van der Waals surface area contributed by atoms with Crippen LogP contribution >= 0.6 is 11.6 Å². The minimum Gasteiger partial charge on any atom is -0.457 e. The molecule has 0 aliphatic rings. The molecule has 0 spiro atoms. The number of rotatable bonds is 7. The summed E-state index contributed by atoms with van der Waals surface area (Å²) in [7, 11) is 0. The Morgan fingerprint density at radius 3 is 2.70 bits per heavy atom. The van der Waals surface area contributed by atoms with Crippen LogP contribution in [-0.4, -0.2) is 10.2 Å². The van der Waals surface area contributed by atoms with Crippen LogP contribution in [0.4, 0.5) is 0 Å². The molecular weight excluding hydrogens is 392 g/mol. The van der Waals surface area contributed by atoms with Gasteiger partial charge in [0.15, 0.2) is 0 Å². The van der Waals surface area contributed by atoms with E-state index >= 15 is 0 Å². The molecule has 1 atom stereocenters. The van der Waals surface area contributed by atoms with Gasteiger partial charge < -0.3 is 4.74 Å². The number of nitrogens with zero attached hydrogens (tertiary/aromatic N) is 1. The van der Waals surface area contributed by atoms with E-state index in [9.17, 15) is 0 Å². The fraction of sp³-hybridized carbons (Fsp3) is 0.269. The van der Waals surface area contributed by atoms with Crippen molar-refractivity contribution in [3.05, 3.63) is 76.8 Å². The number of H-pyrrole nitrogens is 1. The first-order valence-electron chi connectivity index (χ1n) is 10.6. The minimum absolute atomic E-state index is 0.521. The van der Waals surface area contributed by atoms with Crippen molar-refractivity contribution in [3.63, 3.8) is 0 Å². The first-order chi connectivity index (χ1) is 14.6. The highest BCUT2D eigenvalue weighted by atomic mass is 35.5. The van der Waals surface area contributed by atoms with Crippen LogP contribution in [0.1, 0.15) is 50.7 Å². The quantitative estimate of drug-likeness (QED) is 0.328. The maximum Gasteiger partial charge on any atom is 0.130 e. The van der Waals surface area contributed by atoms with E-state index < -0.39 is 0 Å². The number of benzene rings is 3. The molecule has 0 saturated heterocycles. The van der Waals surface area contributed by atoms with Crippen molar-refractivity contribution in [1.82, 2.24) is 10.2 Å². The zero-order chi connectivity index (χ0) is 21.1. The molecule has 3 aromatic carbocycles. The number of hydrogen-bond acceptors (Lipinski definition) is 2. The van der Waals surface area contributed by atoms with Crippen molar-refractivity contribution in [3.8, 4) is 22.8 Å². The number of aromatic nitrogens is 2. The second kappa shape index (κ2) is 8.93. The Balaban J connectivity index is 1.68. The lowest BCUT2D eigenvalue weighted by Gasteiger charge is -2.15. The van der Waals surface area contributed by atoms with E-state index in [2.05, 4.69) is 67.4 Å². The fourth-order valence-corrected chi connectivity index (χ4v) is 3.92. The third-order valence-corrected chi connectivity index (χ3v) is 5.88. The molecule has 0 aliphatic heterocycles. The molecular formula is C26H27ClN2O. The highest BCUT2D eigenvalue weighted by Gasteiger charge is 2.13. The molecule has 4 heteroatoms. The Kier molecular flexibility index (Phi) is 6.10. The highest BCUT2D eigenvalue weighted by molar-refractivity contribution is 6.31. The molecule has 0 fully saturated rings. The van der Waals surface area contributed by atoms with E-state index in [1.807, 2.05) is 24.3 Å². The Bertz CT molecular complexity index is 1160. The van der Waals surface area contributed by atoms with Gasteiger partial charge in [-0.1, -0.05) is 50.9 Å². The largest absolute Gasteiger partial charge is 0.457 e. The van der Waals surface area contributed by atoms with Crippen LogP contribution in [0.2, 0.25) is 5.02 Å². The minimum atomic E-state index is 0.521. The van der Waals surface area contributed by atoms with Crippen molar-refractivity contribution in [2.45, 2.75) is 46.0 Å². The summed E-state index contributed by atoms with van der Waals surface area (Å²) in [6, 6.07) is 20.6. The van der Waals surface area contributed by atoms with Crippen LogP contribution in [0.5, 0.6) is 11.5 Å². The third-order valence-electron chi connectivity index (χ3n) is 5.65. The molecule has 1 N–H and O–H groups in total. The Labute approximate surface area is 183 Å². The Morgan fingerprint density at radius 2 is 1.90 bits per heavy atom. The second-order valence-corrected chi connectivity index (χ2v) is 8.25. The van der Waals surface area contributed by atoms with E-state index in [-0.39, 0.29) is 0 Å². The van der Waals surface area contributed by atoms with Gasteiger partial charge in [0.1, 0.15) is 11.5 Å². The maximum absolute atomic E-state index is 6.33. The molecule has 1 heterocycles. The maximum atomic E-state index is 6.33. The Morgan fingerprint density at radius 1 is 1.03 bits per heavy atom. The van der Waals surface area contributed by atoms with Crippen molar-refractivity contribution >= 4 is 22.5 Å². The van der Waals surface area contributed by atoms with Crippen LogP contribution in [0.3, 0.4) is 0 Å². The normalized spacial score (nSPS) is 12.3. The van der Waals surface area contributed by atoms with Gasteiger partial charge >= 0.3 is 0 Å². The summed E-state index contributed by atoms with van der Waals surface area (Å²) in [6.07, 6.45) is 3.11. The first kappa shape index (κ1) is 20.5. The number of halogens is 1. The van der Waals surface area contributed by atoms with E-state index in [1.54, 1.807) is 0 Å². The average molecular weight is 419 g/mol. The second-order valence-electron chi connectivity index (χ2n) is 7.82. The van der Waals surface area contributed by atoms with Gasteiger partial charge in [-0.3, -0.25) is 5.10 Å². The highest BCUT2D eigenvalue weighted by Crippen LogP contribution is 2.34. The molecule has 154 valence electrons. The number of hydrogen-bond donors (Lipinski definition) is 1. The van der Waals surface area contributed by atoms with Gasteiger partial charge in [-0.25, -0.2) is 0 Å². The number of fused-ring (bicyclic) bond motifs is 1. The standard InChI is InChI=1S/C26H27ClN2O/c1-4-7-19-14-20(26-23-12-11-21(27)16-24(23)28-29-26)10-13-25(19)30-22-9-6-8-18(15-22)17(3)5-2/h6,8-17H,4-5,7H2,1-3H3,(H,28,29). The molecule has 0 saturated carbocycles. The van der Waals surface area contributed by atoms with E-state index in [0.717, 1.165) is 52.9 Å². The predicted molar refractivity (Wildman–Crippen MR) is 126 cm³/mol. The molecule has 0 amide bonds. The number of aromatic amines is 1. The molecule has 3 nitrogen and oxygen atoms in total. The first-order valence-corrected chi connectivity index (χ1v) is 11.0. The zero-order valence-corrected chi connectivity index (χ0v) is 18.5. The van der Waals surface area contributed by atoms with E-state index in [4.69, 9.17) is 16.3 Å². The van der Waals surface area contributed by atoms with Gasteiger partial charge in [-0.2, -0.15) is 5.10 Å². The van der Waals surface area contributed by atoms with Crippen molar-refractivity contribution in [2.24, 2.45) is 0 Å². The summed E-state index contributed by atoms with van der Waals surface area (Å²) in [5.74, 6) is 2.31.